The van der Waals surface area contributed by atoms with Gasteiger partial charge in [0.1, 0.15) is 0 Å². The fraction of sp³-hybridized carbons (Fsp3) is 0.400. The van der Waals surface area contributed by atoms with Gasteiger partial charge >= 0.3 is 0 Å². The molecule has 0 saturated carbocycles. The van der Waals surface area contributed by atoms with Crippen LogP contribution >= 0.6 is 0 Å². The van der Waals surface area contributed by atoms with Gasteiger partial charge in [0.05, 0.1) is 28.2 Å². The molecule has 0 aromatic heterocycles. The Kier molecular flexibility index (Phi) is 7.72. The van der Waals surface area contributed by atoms with Crippen molar-refractivity contribution in [2.75, 3.05) is 30.5 Å². The van der Waals surface area contributed by atoms with E-state index >= 15 is 0 Å². The molecule has 0 aliphatic rings. The maximum atomic E-state index is 13.3. The number of rotatable bonds is 10. The summed E-state index contributed by atoms with van der Waals surface area (Å²) in [6.45, 7) is 7.28. The van der Waals surface area contributed by atoms with Crippen LogP contribution in [-0.4, -0.2) is 55.6 Å². The van der Waals surface area contributed by atoms with Gasteiger partial charge in [0.25, 0.3) is 15.7 Å². The third-order valence-electron chi connectivity index (χ3n) is 4.68. The molecule has 9 heteroatoms. The zero-order chi connectivity index (χ0) is 21.6. The zero-order valence-electron chi connectivity index (χ0n) is 16.9. The van der Waals surface area contributed by atoms with Crippen LogP contribution < -0.4 is 4.31 Å². The van der Waals surface area contributed by atoms with Crippen LogP contribution in [0.2, 0.25) is 0 Å². The minimum Gasteiger partial charge on any atom is -0.390 e. The van der Waals surface area contributed by atoms with Gasteiger partial charge in [-0.05, 0) is 38.2 Å². The number of hydrogen-bond donors (Lipinski definition) is 1. The first-order chi connectivity index (χ1) is 13.7. The number of nitro groups is 1. The molecule has 2 aromatic carbocycles. The van der Waals surface area contributed by atoms with E-state index in [0.717, 1.165) is 23.0 Å². The Hall–Kier alpha value is -2.49. The van der Waals surface area contributed by atoms with Crippen LogP contribution in [0.25, 0.3) is 0 Å². The first-order valence-electron chi connectivity index (χ1n) is 9.43. The third-order valence-corrected chi connectivity index (χ3v) is 6.49. The van der Waals surface area contributed by atoms with E-state index in [1.54, 1.807) is 12.1 Å². The average molecular weight is 422 g/mol. The smallest absolute Gasteiger partial charge is 0.271 e. The highest BCUT2D eigenvalue weighted by Crippen LogP contribution is 2.27. The molecule has 0 unspecified atom stereocenters. The summed E-state index contributed by atoms with van der Waals surface area (Å²) in [6.07, 6.45) is -0.964. The fourth-order valence-electron chi connectivity index (χ4n) is 2.97. The standard InChI is InChI=1S/C20H27N3O5S/c1-4-21(5-2)14-19(24)15-22(17-7-6-8-18(13-17)23(25)26)29(27,28)20-11-9-16(3)10-12-20/h6-13,19,24H,4-5,14-15H2,1-3H3/t19-/m1/s1. The van der Waals surface area contributed by atoms with Gasteiger partial charge in [-0.15, -0.1) is 0 Å². The number of nitro benzene ring substituents is 1. The Labute approximate surface area is 171 Å². The number of hydrogen-bond acceptors (Lipinski definition) is 6. The number of anilines is 1. The number of aliphatic hydroxyl groups is 1. The highest BCUT2D eigenvalue weighted by Gasteiger charge is 2.28. The molecule has 0 spiro atoms. The number of aryl methyl sites for hydroxylation is 1. The summed E-state index contributed by atoms with van der Waals surface area (Å²) in [7, 11) is -4.03. The Balaban J connectivity index is 2.46. The molecule has 2 aromatic rings. The van der Waals surface area contributed by atoms with Gasteiger partial charge in [-0.3, -0.25) is 14.4 Å². The SMILES string of the molecule is CCN(CC)C[C@@H](O)CN(c1cccc([N+](=O)[O-])c1)S(=O)(=O)c1ccc(C)cc1. The largest absolute Gasteiger partial charge is 0.390 e. The summed E-state index contributed by atoms with van der Waals surface area (Å²) in [6, 6.07) is 11.8. The van der Waals surface area contributed by atoms with E-state index < -0.39 is 21.1 Å². The summed E-state index contributed by atoms with van der Waals surface area (Å²) in [5, 5.41) is 21.7. The number of benzene rings is 2. The van der Waals surface area contributed by atoms with E-state index in [0.29, 0.717) is 6.54 Å². The number of sulfonamides is 1. The van der Waals surface area contributed by atoms with Crippen LogP contribution in [0, 0.1) is 17.0 Å². The van der Waals surface area contributed by atoms with Crippen molar-refractivity contribution in [3.8, 4) is 0 Å². The summed E-state index contributed by atoms with van der Waals surface area (Å²) in [4.78, 5) is 12.6. The van der Waals surface area contributed by atoms with Crippen molar-refractivity contribution in [3.63, 3.8) is 0 Å². The van der Waals surface area contributed by atoms with Crippen molar-refractivity contribution in [1.82, 2.24) is 4.90 Å². The minimum atomic E-state index is -4.03. The number of nitrogens with zero attached hydrogens (tertiary/aromatic N) is 3. The molecule has 158 valence electrons. The average Bonchev–Trinajstić information content (AvgIpc) is 2.70. The van der Waals surface area contributed by atoms with Crippen LogP contribution in [0.4, 0.5) is 11.4 Å². The van der Waals surface area contributed by atoms with Gasteiger partial charge in [0.2, 0.25) is 0 Å². The lowest BCUT2D eigenvalue weighted by atomic mass is 10.2. The second-order valence-electron chi connectivity index (χ2n) is 6.77. The van der Waals surface area contributed by atoms with Crippen molar-refractivity contribution in [3.05, 3.63) is 64.2 Å². The summed E-state index contributed by atoms with van der Waals surface area (Å²) in [5.41, 5.74) is 0.829. The summed E-state index contributed by atoms with van der Waals surface area (Å²) >= 11 is 0. The molecule has 29 heavy (non-hydrogen) atoms. The molecule has 0 aliphatic heterocycles. The Bertz CT molecular complexity index is 927. The lowest BCUT2D eigenvalue weighted by Gasteiger charge is -2.29. The van der Waals surface area contributed by atoms with E-state index in [2.05, 4.69) is 0 Å². The van der Waals surface area contributed by atoms with Gasteiger partial charge in [0, 0.05) is 18.7 Å². The second kappa shape index (κ2) is 9.82. The van der Waals surface area contributed by atoms with Crippen LogP contribution in [0.3, 0.4) is 0 Å². The molecule has 0 aliphatic carbocycles. The van der Waals surface area contributed by atoms with Crippen molar-refractivity contribution in [1.29, 1.82) is 0 Å². The number of likely N-dealkylation sites (N-methyl/N-ethyl adjacent to an activating group) is 1. The van der Waals surface area contributed by atoms with Crippen molar-refractivity contribution >= 4 is 21.4 Å². The Morgan fingerprint density at radius 1 is 1.07 bits per heavy atom. The second-order valence-corrected chi connectivity index (χ2v) is 8.63. The van der Waals surface area contributed by atoms with Crippen molar-refractivity contribution in [2.45, 2.75) is 31.8 Å². The topological polar surface area (TPSA) is 104 Å². The Morgan fingerprint density at radius 2 is 1.69 bits per heavy atom. The molecule has 0 heterocycles. The molecule has 1 N–H and O–H groups in total. The maximum absolute atomic E-state index is 13.3. The monoisotopic (exact) mass is 421 g/mol. The third kappa shape index (κ3) is 5.75. The van der Waals surface area contributed by atoms with Crippen LogP contribution in [-0.2, 0) is 10.0 Å². The van der Waals surface area contributed by atoms with E-state index in [4.69, 9.17) is 0 Å². The quantitative estimate of drug-likeness (QED) is 0.467. The highest BCUT2D eigenvalue weighted by molar-refractivity contribution is 7.92. The predicted octanol–water partition coefficient (Wildman–Crippen LogP) is 2.80. The van der Waals surface area contributed by atoms with E-state index in [-0.39, 0.29) is 22.8 Å². The molecule has 2 rings (SSSR count). The zero-order valence-corrected chi connectivity index (χ0v) is 17.7. The molecule has 0 radical (unpaired) electrons. The minimum absolute atomic E-state index is 0.0599. The predicted molar refractivity (Wildman–Crippen MR) is 113 cm³/mol. The molecular formula is C20H27N3O5S. The molecule has 0 amide bonds. The van der Waals surface area contributed by atoms with E-state index in [9.17, 15) is 23.6 Å². The highest BCUT2D eigenvalue weighted by atomic mass is 32.2. The molecule has 0 fully saturated rings. The maximum Gasteiger partial charge on any atom is 0.271 e. The number of aliphatic hydroxyl groups excluding tert-OH is 1. The first kappa shape index (κ1) is 22.8. The summed E-state index contributed by atoms with van der Waals surface area (Å²) in [5.74, 6) is 0. The fourth-order valence-corrected chi connectivity index (χ4v) is 4.46. The molecule has 0 bridgehead atoms. The Morgan fingerprint density at radius 3 is 2.24 bits per heavy atom. The van der Waals surface area contributed by atoms with Gasteiger partial charge in [-0.1, -0.05) is 37.6 Å². The number of non-ortho nitro benzene ring substituents is 1. The van der Waals surface area contributed by atoms with E-state index in [1.165, 1.54) is 36.4 Å². The molecular weight excluding hydrogens is 394 g/mol. The van der Waals surface area contributed by atoms with E-state index in [1.807, 2.05) is 25.7 Å². The lowest BCUT2D eigenvalue weighted by Crippen LogP contribution is -2.43. The van der Waals surface area contributed by atoms with Gasteiger partial charge in [-0.25, -0.2) is 8.42 Å². The van der Waals surface area contributed by atoms with Crippen molar-refractivity contribution < 1.29 is 18.4 Å². The first-order valence-corrected chi connectivity index (χ1v) is 10.9. The lowest BCUT2D eigenvalue weighted by molar-refractivity contribution is -0.384. The van der Waals surface area contributed by atoms with Gasteiger partial charge in [-0.2, -0.15) is 0 Å². The molecule has 8 nitrogen and oxygen atoms in total. The normalized spacial score (nSPS) is 12.7. The molecule has 0 saturated heterocycles. The molecule has 1 atom stereocenters. The van der Waals surface area contributed by atoms with Gasteiger partial charge < -0.3 is 10.0 Å². The van der Waals surface area contributed by atoms with Crippen LogP contribution in [0.15, 0.2) is 53.4 Å². The summed E-state index contributed by atoms with van der Waals surface area (Å²) < 4.78 is 27.7. The van der Waals surface area contributed by atoms with Crippen LogP contribution in [0.5, 0.6) is 0 Å². The van der Waals surface area contributed by atoms with Gasteiger partial charge in [0.15, 0.2) is 0 Å². The van der Waals surface area contributed by atoms with Crippen LogP contribution in [0.1, 0.15) is 19.4 Å². The van der Waals surface area contributed by atoms with Crippen molar-refractivity contribution in [2.24, 2.45) is 0 Å².